The second kappa shape index (κ2) is 7.57. The summed E-state index contributed by atoms with van der Waals surface area (Å²) in [5, 5.41) is 0. The highest BCUT2D eigenvalue weighted by Crippen LogP contribution is 2.30. The number of methoxy groups -OCH3 is 2. The summed E-state index contributed by atoms with van der Waals surface area (Å²) in [5.74, 6) is 1.46. The average molecular weight is 340 g/mol. The Morgan fingerprint density at radius 2 is 1.64 bits per heavy atom. The van der Waals surface area contributed by atoms with Gasteiger partial charge in [-0.1, -0.05) is 30.3 Å². The van der Waals surface area contributed by atoms with Crippen molar-refractivity contribution in [1.82, 2.24) is 4.90 Å². The molecule has 0 saturated carbocycles. The highest BCUT2D eigenvalue weighted by Gasteiger charge is 2.32. The summed E-state index contributed by atoms with van der Waals surface area (Å²) < 4.78 is 10.6. The molecule has 2 aromatic rings. The quantitative estimate of drug-likeness (QED) is 0.839. The molecule has 0 bridgehead atoms. The third kappa shape index (κ3) is 3.77. The van der Waals surface area contributed by atoms with Crippen LogP contribution in [0.3, 0.4) is 0 Å². The van der Waals surface area contributed by atoms with Gasteiger partial charge in [-0.05, 0) is 12.5 Å². The number of rotatable bonds is 5. The van der Waals surface area contributed by atoms with Gasteiger partial charge in [-0.25, -0.2) is 0 Å². The van der Waals surface area contributed by atoms with Gasteiger partial charge in [0.1, 0.15) is 11.5 Å². The van der Waals surface area contributed by atoms with E-state index in [1.165, 1.54) is 5.56 Å². The van der Waals surface area contributed by atoms with Gasteiger partial charge in [-0.3, -0.25) is 9.69 Å². The number of amides is 1. The molecule has 1 aliphatic rings. The van der Waals surface area contributed by atoms with Crippen molar-refractivity contribution < 1.29 is 14.3 Å². The van der Waals surface area contributed by atoms with Gasteiger partial charge in [0.2, 0.25) is 5.91 Å². The fourth-order valence-corrected chi connectivity index (χ4v) is 3.15. The number of nitrogens with zero attached hydrogens (tertiary/aromatic N) is 2. The Morgan fingerprint density at radius 3 is 2.24 bits per heavy atom. The molecule has 5 heteroatoms. The highest BCUT2D eigenvalue weighted by atomic mass is 16.5. The van der Waals surface area contributed by atoms with Crippen LogP contribution in [0.2, 0.25) is 0 Å². The molecule has 0 spiro atoms. The third-order valence-electron chi connectivity index (χ3n) is 4.66. The number of hydrogen-bond donors (Lipinski definition) is 0. The van der Waals surface area contributed by atoms with E-state index in [2.05, 4.69) is 17.0 Å². The second-order valence-electron chi connectivity index (χ2n) is 6.19. The second-order valence-corrected chi connectivity index (χ2v) is 6.19. The molecule has 1 saturated heterocycles. The van der Waals surface area contributed by atoms with Crippen molar-refractivity contribution in [2.24, 2.45) is 0 Å². The molecule has 0 N–H and O–H groups in total. The molecule has 25 heavy (non-hydrogen) atoms. The van der Waals surface area contributed by atoms with Crippen LogP contribution in [0.5, 0.6) is 11.5 Å². The van der Waals surface area contributed by atoms with Gasteiger partial charge in [0.05, 0.1) is 25.9 Å². The lowest BCUT2D eigenvalue weighted by atomic mass is 10.1. The van der Waals surface area contributed by atoms with E-state index >= 15 is 0 Å². The minimum Gasteiger partial charge on any atom is -0.497 e. The fraction of sp³-hybridized carbons (Fsp3) is 0.350. The summed E-state index contributed by atoms with van der Waals surface area (Å²) in [4.78, 5) is 17.0. The molecule has 1 unspecified atom stereocenters. The SMILES string of the molecule is COc1cc(OC)cc(N2CCN(Cc3ccccc3)C(C)C2=O)c1. The molecule has 0 radical (unpaired) electrons. The van der Waals surface area contributed by atoms with Crippen LogP contribution < -0.4 is 14.4 Å². The Bertz CT molecular complexity index is 711. The molecule has 3 rings (SSSR count). The van der Waals surface area contributed by atoms with Crippen molar-refractivity contribution in [1.29, 1.82) is 0 Å². The van der Waals surface area contributed by atoms with E-state index < -0.39 is 0 Å². The van der Waals surface area contributed by atoms with E-state index in [1.54, 1.807) is 14.2 Å². The van der Waals surface area contributed by atoms with Crippen molar-refractivity contribution in [3.05, 3.63) is 54.1 Å². The van der Waals surface area contributed by atoms with E-state index in [-0.39, 0.29) is 11.9 Å². The van der Waals surface area contributed by atoms with E-state index in [9.17, 15) is 4.79 Å². The van der Waals surface area contributed by atoms with E-state index in [0.717, 1.165) is 18.8 Å². The van der Waals surface area contributed by atoms with Crippen LogP contribution in [0, 0.1) is 0 Å². The van der Waals surface area contributed by atoms with Crippen LogP contribution in [0.15, 0.2) is 48.5 Å². The standard InChI is InChI=1S/C20H24N2O3/c1-15-20(23)22(17-11-18(24-2)13-19(12-17)25-3)10-9-21(15)14-16-7-5-4-6-8-16/h4-8,11-13,15H,9-10,14H2,1-3H3. The summed E-state index contributed by atoms with van der Waals surface area (Å²) in [6, 6.07) is 15.6. The molecule has 0 aromatic heterocycles. The van der Waals surface area contributed by atoms with E-state index in [0.29, 0.717) is 18.0 Å². The number of ether oxygens (including phenoxy) is 2. The largest absolute Gasteiger partial charge is 0.497 e. The lowest BCUT2D eigenvalue weighted by Gasteiger charge is -2.39. The maximum absolute atomic E-state index is 12.9. The smallest absolute Gasteiger partial charge is 0.244 e. The van der Waals surface area contributed by atoms with E-state index in [4.69, 9.17) is 9.47 Å². The molecule has 1 heterocycles. The van der Waals surface area contributed by atoms with Gasteiger partial charge < -0.3 is 14.4 Å². The predicted molar refractivity (Wildman–Crippen MR) is 98.2 cm³/mol. The summed E-state index contributed by atoms with van der Waals surface area (Å²) in [6.45, 7) is 4.21. The Balaban J connectivity index is 1.77. The molecule has 2 aromatic carbocycles. The normalized spacial score (nSPS) is 18.3. The van der Waals surface area contributed by atoms with Crippen LogP contribution in [0.1, 0.15) is 12.5 Å². The summed E-state index contributed by atoms with van der Waals surface area (Å²) >= 11 is 0. The van der Waals surface area contributed by atoms with Crippen LogP contribution in [0.25, 0.3) is 0 Å². The Kier molecular flexibility index (Phi) is 5.24. The first-order chi connectivity index (χ1) is 12.1. The van der Waals surface area contributed by atoms with Gasteiger partial charge in [-0.2, -0.15) is 0 Å². The molecule has 1 amide bonds. The molecular weight excluding hydrogens is 316 g/mol. The number of hydrogen-bond acceptors (Lipinski definition) is 4. The number of anilines is 1. The van der Waals surface area contributed by atoms with Crippen molar-refractivity contribution in [3.8, 4) is 11.5 Å². The molecular formula is C20H24N2O3. The van der Waals surface area contributed by atoms with Gasteiger partial charge in [-0.15, -0.1) is 0 Å². The van der Waals surface area contributed by atoms with Gasteiger partial charge >= 0.3 is 0 Å². The number of benzene rings is 2. The minimum absolute atomic E-state index is 0.0949. The van der Waals surface area contributed by atoms with Crippen LogP contribution >= 0.6 is 0 Å². The minimum atomic E-state index is -0.175. The van der Waals surface area contributed by atoms with Crippen LogP contribution in [-0.2, 0) is 11.3 Å². The van der Waals surface area contributed by atoms with Crippen molar-refractivity contribution in [2.75, 3.05) is 32.2 Å². The van der Waals surface area contributed by atoms with Gasteiger partial charge in [0.25, 0.3) is 0 Å². The Labute approximate surface area is 148 Å². The van der Waals surface area contributed by atoms with Crippen LogP contribution in [0.4, 0.5) is 5.69 Å². The molecule has 132 valence electrons. The Hall–Kier alpha value is -2.53. The van der Waals surface area contributed by atoms with Crippen molar-refractivity contribution in [2.45, 2.75) is 19.5 Å². The number of piperazine rings is 1. The summed E-state index contributed by atoms with van der Waals surface area (Å²) in [5.41, 5.74) is 2.03. The molecule has 1 aliphatic heterocycles. The maximum atomic E-state index is 12.9. The fourth-order valence-electron chi connectivity index (χ4n) is 3.15. The number of carbonyl (C=O) groups is 1. The lowest BCUT2D eigenvalue weighted by molar-refractivity contribution is -0.125. The topological polar surface area (TPSA) is 42.0 Å². The summed E-state index contributed by atoms with van der Waals surface area (Å²) in [6.07, 6.45) is 0. The number of carbonyl (C=O) groups excluding carboxylic acids is 1. The van der Waals surface area contributed by atoms with Gasteiger partial charge in [0, 0.05) is 37.8 Å². The predicted octanol–water partition coefficient (Wildman–Crippen LogP) is 2.94. The molecule has 1 atom stereocenters. The van der Waals surface area contributed by atoms with Crippen molar-refractivity contribution >= 4 is 11.6 Å². The monoisotopic (exact) mass is 340 g/mol. The maximum Gasteiger partial charge on any atom is 0.244 e. The Morgan fingerprint density at radius 1 is 1.00 bits per heavy atom. The molecule has 1 fully saturated rings. The lowest BCUT2D eigenvalue weighted by Crippen LogP contribution is -2.55. The van der Waals surface area contributed by atoms with Gasteiger partial charge in [0.15, 0.2) is 0 Å². The average Bonchev–Trinajstić information content (AvgIpc) is 2.66. The zero-order valence-corrected chi connectivity index (χ0v) is 14.9. The third-order valence-corrected chi connectivity index (χ3v) is 4.66. The first kappa shape index (κ1) is 17.3. The molecule has 5 nitrogen and oxygen atoms in total. The first-order valence-corrected chi connectivity index (χ1v) is 8.45. The van der Waals surface area contributed by atoms with E-state index in [1.807, 2.05) is 48.2 Å². The van der Waals surface area contributed by atoms with Crippen LogP contribution in [-0.4, -0.2) is 44.2 Å². The summed E-state index contributed by atoms with van der Waals surface area (Å²) in [7, 11) is 3.22. The van der Waals surface area contributed by atoms with Crippen molar-refractivity contribution in [3.63, 3.8) is 0 Å². The zero-order chi connectivity index (χ0) is 17.8. The first-order valence-electron chi connectivity index (χ1n) is 8.45. The highest BCUT2D eigenvalue weighted by molar-refractivity contribution is 5.98. The molecule has 0 aliphatic carbocycles. The zero-order valence-electron chi connectivity index (χ0n) is 14.9.